The van der Waals surface area contributed by atoms with Crippen molar-refractivity contribution in [2.24, 2.45) is 0 Å². The quantitative estimate of drug-likeness (QED) is 0.399. The van der Waals surface area contributed by atoms with Crippen LogP contribution in [-0.2, 0) is 10.0 Å². The maximum atomic E-state index is 12.6. The van der Waals surface area contributed by atoms with Crippen LogP contribution in [0.3, 0.4) is 0 Å². The van der Waals surface area contributed by atoms with Gasteiger partial charge in [0.1, 0.15) is 10.7 Å². The van der Waals surface area contributed by atoms with Crippen molar-refractivity contribution in [3.63, 3.8) is 0 Å². The number of anilines is 2. The Morgan fingerprint density at radius 2 is 1.66 bits per heavy atom. The van der Waals surface area contributed by atoms with E-state index in [-0.39, 0.29) is 15.7 Å². The van der Waals surface area contributed by atoms with Gasteiger partial charge in [-0.15, -0.1) is 0 Å². The number of pyridine rings is 1. The van der Waals surface area contributed by atoms with Crippen molar-refractivity contribution < 1.29 is 8.42 Å². The molecule has 35 heavy (non-hydrogen) atoms. The number of nitrogens with one attached hydrogen (secondary N) is 3. The van der Waals surface area contributed by atoms with Gasteiger partial charge in [0.05, 0.1) is 5.02 Å². The number of rotatable bonds is 8. The highest BCUT2D eigenvalue weighted by Crippen LogP contribution is 2.24. The zero-order valence-electron chi connectivity index (χ0n) is 19.7. The molecule has 8 nitrogen and oxygen atoms in total. The molecule has 0 aliphatic heterocycles. The summed E-state index contributed by atoms with van der Waals surface area (Å²) >= 11 is 6.03. The molecule has 4 rings (SSSR count). The number of hydrogen-bond donors (Lipinski definition) is 3. The molecule has 0 amide bonds. The first-order chi connectivity index (χ1) is 16.8. The normalized spacial score (nSPS) is 18.5. The highest BCUT2D eigenvalue weighted by molar-refractivity contribution is 7.92. The van der Waals surface area contributed by atoms with Crippen LogP contribution in [0.2, 0.25) is 5.02 Å². The van der Waals surface area contributed by atoms with E-state index in [1.807, 2.05) is 32.2 Å². The summed E-state index contributed by atoms with van der Waals surface area (Å²) in [6, 6.07) is 10.7. The Hall–Kier alpha value is -3.01. The summed E-state index contributed by atoms with van der Waals surface area (Å²) < 4.78 is 27.8. The molecule has 1 fully saturated rings. The number of aromatic nitrogens is 3. The Kier molecular flexibility index (Phi) is 8.00. The average molecular weight is 513 g/mol. The average Bonchev–Trinajstić information content (AvgIpc) is 2.85. The molecule has 1 aliphatic rings. The van der Waals surface area contributed by atoms with Crippen LogP contribution in [0.25, 0.3) is 12.2 Å². The minimum Gasteiger partial charge on any atom is -0.351 e. The van der Waals surface area contributed by atoms with Gasteiger partial charge < -0.3 is 10.6 Å². The minimum absolute atomic E-state index is 0.00804. The second kappa shape index (κ2) is 11.2. The Labute approximate surface area is 211 Å². The third-order valence-corrected chi connectivity index (χ3v) is 7.94. The van der Waals surface area contributed by atoms with Gasteiger partial charge in [0.25, 0.3) is 10.0 Å². The molecule has 184 valence electrons. The highest BCUT2D eigenvalue weighted by atomic mass is 35.5. The zero-order valence-corrected chi connectivity index (χ0v) is 21.3. The van der Waals surface area contributed by atoms with E-state index in [1.165, 1.54) is 12.1 Å². The molecule has 3 N–H and O–H groups in total. The van der Waals surface area contributed by atoms with Crippen LogP contribution < -0.4 is 15.4 Å². The fourth-order valence-electron chi connectivity index (χ4n) is 4.05. The van der Waals surface area contributed by atoms with Crippen molar-refractivity contribution in [3.05, 3.63) is 70.6 Å². The highest BCUT2D eigenvalue weighted by Gasteiger charge is 2.20. The van der Waals surface area contributed by atoms with E-state index in [0.29, 0.717) is 23.7 Å². The number of sulfonamides is 1. The molecule has 1 aliphatic carbocycles. The van der Waals surface area contributed by atoms with E-state index >= 15 is 0 Å². The Bertz CT molecular complexity index is 1290. The molecule has 2 heterocycles. The Morgan fingerprint density at radius 3 is 2.31 bits per heavy atom. The van der Waals surface area contributed by atoms with Gasteiger partial charge >= 0.3 is 0 Å². The lowest BCUT2D eigenvalue weighted by Crippen LogP contribution is -2.35. The van der Waals surface area contributed by atoms with Crippen LogP contribution >= 0.6 is 11.6 Å². The molecular formula is C25H29ClN6O2S. The van der Waals surface area contributed by atoms with Crippen LogP contribution in [0.1, 0.15) is 42.5 Å². The summed E-state index contributed by atoms with van der Waals surface area (Å²) in [4.78, 5) is 13.3. The van der Waals surface area contributed by atoms with Gasteiger partial charge in [-0.1, -0.05) is 35.9 Å². The molecule has 3 aromatic rings. The fourth-order valence-corrected chi connectivity index (χ4v) is 5.58. The van der Waals surface area contributed by atoms with Crippen molar-refractivity contribution in [2.75, 3.05) is 17.1 Å². The first kappa shape index (κ1) is 25.1. The minimum atomic E-state index is -3.84. The van der Waals surface area contributed by atoms with Gasteiger partial charge in [-0.2, -0.15) is 0 Å². The molecular weight excluding hydrogens is 484 g/mol. The smallest absolute Gasteiger partial charge is 0.264 e. The lowest BCUT2D eigenvalue weighted by molar-refractivity contribution is 0.370. The van der Waals surface area contributed by atoms with E-state index < -0.39 is 10.0 Å². The topological polar surface area (TPSA) is 109 Å². The number of nitrogens with zero attached hydrogens (tertiary/aromatic N) is 3. The fraction of sp³-hybridized carbons (Fsp3) is 0.320. The number of hydrogen-bond acceptors (Lipinski definition) is 7. The molecule has 0 radical (unpaired) electrons. The van der Waals surface area contributed by atoms with E-state index in [2.05, 4.69) is 30.3 Å². The second-order valence-electron chi connectivity index (χ2n) is 8.56. The van der Waals surface area contributed by atoms with Crippen LogP contribution in [0.15, 0.2) is 53.7 Å². The molecule has 0 spiro atoms. The zero-order chi connectivity index (χ0) is 24.8. The Balaban J connectivity index is 1.37. The number of aryl methyl sites for hydroxylation is 1. The summed E-state index contributed by atoms with van der Waals surface area (Å²) in [5.74, 6) is 0.866. The van der Waals surface area contributed by atoms with Crippen molar-refractivity contribution in [1.82, 2.24) is 20.3 Å². The standard InChI is InChI=1S/C25H29ClN6O2S/c1-17-19(9-14-24(30-17)32-35(33,34)23-6-4-3-5-22(23)26)8-7-18-15-28-25(29-16-18)31-21-12-10-20(27-2)11-13-21/h3-9,14-16,20-21,27H,10-13H2,1-2H3,(H,30,32)(H,28,29,31)/b8-7+/t20-,21-. The van der Waals surface area contributed by atoms with Crippen molar-refractivity contribution in [2.45, 2.75) is 49.6 Å². The molecule has 2 aromatic heterocycles. The maximum absolute atomic E-state index is 12.6. The van der Waals surface area contributed by atoms with E-state index in [4.69, 9.17) is 11.6 Å². The van der Waals surface area contributed by atoms with Crippen molar-refractivity contribution in [1.29, 1.82) is 0 Å². The van der Waals surface area contributed by atoms with Gasteiger partial charge in [-0.25, -0.2) is 23.4 Å². The van der Waals surface area contributed by atoms with Crippen LogP contribution in [0.5, 0.6) is 0 Å². The summed E-state index contributed by atoms with van der Waals surface area (Å²) in [7, 11) is -1.82. The van der Waals surface area contributed by atoms with Crippen LogP contribution in [0, 0.1) is 6.92 Å². The molecule has 1 aromatic carbocycles. The third kappa shape index (κ3) is 6.56. The lowest BCUT2D eigenvalue weighted by atomic mass is 9.91. The monoisotopic (exact) mass is 512 g/mol. The Morgan fingerprint density at radius 1 is 0.971 bits per heavy atom. The van der Waals surface area contributed by atoms with Gasteiger partial charge in [-0.3, -0.25) is 4.72 Å². The largest absolute Gasteiger partial charge is 0.351 e. The molecule has 1 saturated carbocycles. The first-order valence-corrected chi connectivity index (χ1v) is 13.4. The first-order valence-electron chi connectivity index (χ1n) is 11.5. The predicted octanol–water partition coefficient (Wildman–Crippen LogP) is 4.75. The summed E-state index contributed by atoms with van der Waals surface area (Å²) in [6.45, 7) is 1.82. The van der Waals surface area contributed by atoms with Crippen LogP contribution in [0.4, 0.5) is 11.8 Å². The molecule has 0 unspecified atom stereocenters. The van der Waals surface area contributed by atoms with E-state index in [9.17, 15) is 8.42 Å². The van der Waals surface area contributed by atoms with Gasteiger partial charge in [0.2, 0.25) is 5.95 Å². The van der Waals surface area contributed by atoms with Gasteiger partial charge in [0, 0.05) is 35.7 Å². The number of benzene rings is 1. The third-order valence-electron chi connectivity index (χ3n) is 6.09. The van der Waals surface area contributed by atoms with Gasteiger partial charge in [-0.05, 0) is 69.5 Å². The SMILES string of the molecule is CN[C@H]1CC[C@H](Nc2ncc(/C=C/c3ccc(NS(=O)(=O)c4ccccc4Cl)nc3C)cn2)CC1. The van der Waals surface area contributed by atoms with Crippen LogP contribution in [-0.4, -0.2) is 42.5 Å². The molecule has 0 saturated heterocycles. The van der Waals surface area contributed by atoms with Crippen molar-refractivity contribution in [3.8, 4) is 0 Å². The molecule has 0 bridgehead atoms. The molecule has 0 atom stereocenters. The van der Waals surface area contributed by atoms with E-state index in [0.717, 1.165) is 36.8 Å². The second-order valence-corrected chi connectivity index (χ2v) is 10.6. The summed E-state index contributed by atoms with van der Waals surface area (Å²) in [5.41, 5.74) is 2.39. The van der Waals surface area contributed by atoms with Gasteiger partial charge in [0.15, 0.2) is 0 Å². The number of halogens is 1. The predicted molar refractivity (Wildman–Crippen MR) is 141 cm³/mol. The maximum Gasteiger partial charge on any atom is 0.264 e. The molecule has 10 heteroatoms. The summed E-state index contributed by atoms with van der Waals surface area (Å²) in [5, 5.41) is 6.92. The van der Waals surface area contributed by atoms with E-state index in [1.54, 1.807) is 30.6 Å². The van der Waals surface area contributed by atoms with Crippen molar-refractivity contribution >= 4 is 45.5 Å². The lowest BCUT2D eigenvalue weighted by Gasteiger charge is -2.28. The summed E-state index contributed by atoms with van der Waals surface area (Å²) in [6.07, 6.45) is 11.9.